The molecule has 2 N–H and O–H groups in total. The third-order valence-corrected chi connectivity index (χ3v) is 7.17. The predicted molar refractivity (Wildman–Crippen MR) is 142 cm³/mol. The molecule has 0 aromatic heterocycles. The van der Waals surface area contributed by atoms with Gasteiger partial charge in [-0.3, -0.25) is 14.4 Å². The third-order valence-electron chi connectivity index (χ3n) is 7.17. The van der Waals surface area contributed by atoms with E-state index in [9.17, 15) is 14.4 Å². The van der Waals surface area contributed by atoms with E-state index in [1.54, 1.807) is 36.4 Å². The standard InChI is InChI=1S/C30H31N3O4/c34-28(31-23-13-5-2-6-14-23)20-37-25-16-9-15-24(19-25)32-29(35)27-18-22-12-7-8-17-26(22)33(27)30(36)21-10-3-1-4-11-21/h1-6,9-11,13-16,19,22,26-27H,7-8,12,17-18,20H2,(H,31,34)(H,32,35). The first-order valence-electron chi connectivity index (χ1n) is 12.8. The van der Waals surface area contributed by atoms with E-state index in [-0.39, 0.29) is 30.4 Å². The van der Waals surface area contributed by atoms with Crippen LogP contribution >= 0.6 is 0 Å². The Morgan fingerprint density at radius 1 is 0.811 bits per heavy atom. The number of carbonyl (C=O) groups is 3. The van der Waals surface area contributed by atoms with Gasteiger partial charge in [-0.2, -0.15) is 0 Å². The number of rotatable bonds is 7. The highest BCUT2D eigenvalue weighted by Gasteiger charge is 2.47. The summed E-state index contributed by atoms with van der Waals surface area (Å²) < 4.78 is 5.65. The molecule has 3 amide bonds. The fourth-order valence-corrected chi connectivity index (χ4v) is 5.47. The maximum Gasteiger partial charge on any atom is 0.262 e. The molecule has 0 radical (unpaired) electrons. The van der Waals surface area contributed by atoms with Crippen molar-refractivity contribution in [1.82, 2.24) is 4.90 Å². The van der Waals surface area contributed by atoms with Crippen molar-refractivity contribution < 1.29 is 19.1 Å². The van der Waals surface area contributed by atoms with Crippen LogP contribution in [-0.4, -0.2) is 41.3 Å². The normalized spacial score (nSPS) is 20.5. The van der Waals surface area contributed by atoms with Crippen LogP contribution < -0.4 is 15.4 Å². The molecule has 3 unspecified atom stereocenters. The zero-order valence-electron chi connectivity index (χ0n) is 20.6. The summed E-state index contributed by atoms with van der Waals surface area (Å²) in [5.41, 5.74) is 1.87. The van der Waals surface area contributed by atoms with E-state index in [4.69, 9.17) is 4.74 Å². The maximum absolute atomic E-state index is 13.5. The first-order valence-corrected chi connectivity index (χ1v) is 12.8. The van der Waals surface area contributed by atoms with Gasteiger partial charge in [0.2, 0.25) is 5.91 Å². The van der Waals surface area contributed by atoms with E-state index >= 15 is 0 Å². The Morgan fingerprint density at radius 2 is 1.51 bits per heavy atom. The molecule has 2 aliphatic rings. The van der Waals surface area contributed by atoms with Crippen LogP contribution in [0.2, 0.25) is 0 Å². The molecule has 3 atom stereocenters. The molecule has 1 aliphatic heterocycles. The van der Waals surface area contributed by atoms with Crippen molar-refractivity contribution in [2.24, 2.45) is 5.92 Å². The van der Waals surface area contributed by atoms with Gasteiger partial charge in [0.15, 0.2) is 6.61 Å². The van der Waals surface area contributed by atoms with Gasteiger partial charge in [0.1, 0.15) is 11.8 Å². The van der Waals surface area contributed by atoms with Crippen molar-refractivity contribution in [1.29, 1.82) is 0 Å². The summed E-state index contributed by atoms with van der Waals surface area (Å²) in [6.07, 6.45) is 4.86. The van der Waals surface area contributed by atoms with E-state index < -0.39 is 6.04 Å². The van der Waals surface area contributed by atoms with E-state index in [1.807, 2.05) is 53.4 Å². The summed E-state index contributed by atoms with van der Waals surface area (Å²) >= 11 is 0. The lowest BCUT2D eigenvalue weighted by atomic mass is 9.84. The van der Waals surface area contributed by atoms with Crippen molar-refractivity contribution in [3.8, 4) is 5.75 Å². The molecule has 7 nitrogen and oxygen atoms in total. The summed E-state index contributed by atoms with van der Waals surface area (Å²) in [6.45, 7) is -0.155. The van der Waals surface area contributed by atoms with Gasteiger partial charge in [0.25, 0.3) is 11.8 Å². The largest absolute Gasteiger partial charge is 0.484 e. The average Bonchev–Trinajstić information content (AvgIpc) is 3.33. The molecule has 0 spiro atoms. The van der Waals surface area contributed by atoms with Crippen molar-refractivity contribution in [3.05, 3.63) is 90.5 Å². The summed E-state index contributed by atoms with van der Waals surface area (Å²) in [4.78, 5) is 41.0. The molecule has 0 bridgehead atoms. The van der Waals surface area contributed by atoms with Gasteiger partial charge in [-0.25, -0.2) is 0 Å². The molecular formula is C30H31N3O4. The van der Waals surface area contributed by atoms with Crippen LogP contribution in [0.3, 0.4) is 0 Å². The minimum absolute atomic E-state index is 0.0864. The first-order chi connectivity index (χ1) is 18.1. The summed E-state index contributed by atoms with van der Waals surface area (Å²) in [7, 11) is 0. The Balaban J connectivity index is 1.25. The number of nitrogens with zero attached hydrogens (tertiary/aromatic N) is 1. The lowest BCUT2D eigenvalue weighted by Gasteiger charge is -2.33. The molecule has 2 fully saturated rings. The minimum Gasteiger partial charge on any atom is -0.484 e. The number of likely N-dealkylation sites (tertiary alicyclic amines) is 1. The predicted octanol–water partition coefficient (Wildman–Crippen LogP) is 5.12. The van der Waals surface area contributed by atoms with Crippen molar-refractivity contribution in [2.45, 2.75) is 44.2 Å². The smallest absolute Gasteiger partial charge is 0.262 e. The first kappa shape index (κ1) is 24.6. The van der Waals surface area contributed by atoms with Crippen LogP contribution in [0.4, 0.5) is 11.4 Å². The second kappa shape index (κ2) is 11.3. The number of hydrogen-bond acceptors (Lipinski definition) is 4. The maximum atomic E-state index is 13.5. The Morgan fingerprint density at radius 3 is 2.30 bits per heavy atom. The van der Waals surface area contributed by atoms with Gasteiger partial charge in [-0.1, -0.05) is 55.3 Å². The summed E-state index contributed by atoms with van der Waals surface area (Å²) in [5.74, 6) is 0.256. The number of ether oxygens (including phenoxy) is 1. The molecule has 37 heavy (non-hydrogen) atoms. The van der Waals surface area contributed by atoms with Gasteiger partial charge in [0, 0.05) is 29.0 Å². The SMILES string of the molecule is O=C(COc1cccc(NC(=O)C2CC3CCCCC3N2C(=O)c2ccccc2)c1)Nc1ccccc1. The molecule has 190 valence electrons. The molecule has 3 aromatic carbocycles. The van der Waals surface area contributed by atoms with E-state index in [0.29, 0.717) is 35.0 Å². The third kappa shape index (κ3) is 5.82. The highest BCUT2D eigenvalue weighted by molar-refractivity contribution is 6.02. The number of benzene rings is 3. The van der Waals surface area contributed by atoms with Crippen molar-refractivity contribution in [3.63, 3.8) is 0 Å². The van der Waals surface area contributed by atoms with E-state index in [2.05, 4.69) is 10.6 Å². The lowest BCUT2D eigenvalue weighted by molar-refractivity contribution is -0.120. The van der Waals surface area contributed by atoms with Gasteiger partial charge in [-0.05, 0) is 61.6 Å². The second-order valence-electron chi connectivity index (χ2n) is 9.66. The number of carbonyl (C=O) groups excluding carboxylic acids is 3. The Kier molecular flexibility index (Phi) is 7.49. The van der Waals surface area contributed by atoms with E-state index in [0.717, 1.165) is 25.7 Å². The number of hydrogen-bond donors (Lipinski definition) is 2. The molecule has 5 rings (SSSR count). The highest BCUT2D eigenvalue weighted by atomic mass is 16.5. The summed E-state index contributed by atoms with van der Waals surface area (Å²) in [5, 5.41) is 5.76. The van der Waals surface area contributed by atoms with Crippen LogP contribution in [0, 0.1) is 5.92 Å². The molecule has 7 heteroatoms. The fourth-order valence-electron chi connectivity index (χ4n) is 5.47. The average molecular weight is 498 g/mol. The van der Waals surface area contributed by atoms with E-state index in [1.165, 1.54) is 0 Å². The van der Waals surface area contributed by atoms with Crippen LogP contribution in [0.5, 0.6) is 5.75 Å². The van der Waals surface area contributed by atoms with Crippen molar-refractivity contribution >= 4 is 29.1 Å². The highest BCUT2D eigenvalue weighted by Crippen LogP contribution is 2.41. The monoisotopic (exact) mass is 497 g/mol. The molecule has 1 aliphatic carbocycles. The van der Waals surface area contributed by atoms with Crippen LogP contribution in [0.15, 0.2) is 84.9 Å². The number of nitrogens with one attached hydrogen (secondary N) is 2. The fraction of sp³-hybridized carbons (Fsp3) is 0.300. The molecular weight excluding hydrogens is 466 g/mol. The second-order valence-corrected chi connectivity index (χ2v) is 9.66. The number of amides is 3. The lowest BCUT2D eigenvalue weighted by Crippen LogP contribution is -2.47. The number of anilines is 2. The quantitative estimate of drug-likeness (QED) is 0.475. The number of fused-ring (bicyclic) bond motifs is 1. The molecule has 1 saturated heterocycles. The molecule has 1 saturated carbocycles. The Labute approximate surface area is 216 Å². The topological polar surface area (TPSA) is 87.7 Å². The zero-order chi connectivity index (χ0) is 25.6. The molecule has 1 heterocycles. The van der Waals surface area contributed by atoms with Crippen LogP contribution in [0.1, 0.15) is 42.5 Å². The van der Waals surface area contributed by atoms with Gasteiger partial charge >= 0.3 is 0 Å². The Bertz CT molecular complexity index is 1250. The Hall–Kier alpha value is -4.13. The number of para-hydroxylation sites is 1. The minimum atomic E-state index is -0.526. The zero-order valence-corrected chi connectivity index (χ0v) is 20.6. The van der Waals surface area contributed by atoms with Crippen LogP contribution in [0.25, 0.3) is 0 Å². The van der Waals surface area contributed by atoms with Gasteiger partial charge in [0.05, 0.1) is 0 Å². The molecule has 3 aromatic rings. The van der Waals surface area contributed by atoms with Crippen molar-refractivity contribution in [2.75, 3.05) is 17.2 Å². The van der Waals surface area contributed by atoms with Gasteiger partial charge < -0.3 is 20.3 Å². The van der Waals surface area contributed by atoms with Gasteiger partial charge in [-0.15, -0.1) is 0 Å². The van der Waals surface area contributed by atoms with Crippen LogP contribution in [-0.2, 0) is 9.59 Å². The summed E-state index contributed by atoms with van der Waals surface area (Å²) in [6, 6.07) is 24.9.